The standard InChI is InChI=1S/C17H32N4O3/c1-12-9-20(10-13(2)24-12)11-15-5-7-21(8-6-15)14(3)16(22)19-17(23)18-4/h12-15H,5-11H2,1-4H3,(H2,18,19,22,23)/t12-,13-,14+/m1/s1. The second kappa shape index (κ2) is 8.78. The highest BCUT2D eigenvalue weighted by Crippen LogP contribution is 2.22. The van der Waals surface area contributed by atoms with E-state index >= 15 is 0 Å². The second-order valence-electron chi connectivity index (χ2n) is 7.20. The van der Waals surface area contributed by atoms with Crippen molar-refractivity contribution in [3.8, 4) is 0 Å². The lowest BCUT2D eigenvalue weighted by atomic mass is 9.94. The first-order valence-corrected chi connectivity index (χ1v) is 9.03. The fourth-order valence-electron chi connectivity index (χ4n) is 3.77. The molecule has 0 radical (unpaired) electrons. The minimum Gasteiger partial charge on any atom is -0.373 e. The van der Waals surface area contributed by atoms with Gasteiger partial charge in [-0.3, -0.25) is 19.9 Å². The highest BCUT2D eigenvalue weighted by molar-refractivity contribution is 5.96. The van der Waals surface area contributed by atoms with Gasteiger partial charge in [-0.15, -0.1) is 0 Å². The Kier molecular flexibility index (Phi) is 7.01. The largest absolute Gasteiger partial charge is 0.373 e. The number of amides is 3. The molecule has 0 spiro atoms. The summed E-state index contributed by atoms with van der Waals surface area (Å²) >= 11 is 0. The van der Waals surface area contributed by atoms with Crippen molar-refractivity contribution < 1.29 is 14.3 Å². The van der Waals surface area contributed by atoms with Gasteiger partial charge in [-0.05, 0) is 52.6 Å². The summed E-state index contributed by atoms with van der Waals surface area (Å²) in [5, 5.41) is 4.77. The third kappa shape index (κ3) is 5.43. The van der Waals surface area contributed by atoms with Gasteiger partial charge in [-0.2, -0.15) is 0 Å². The molecule has 0 saturated carbocycles. The Balaban J connectivity index is 1.74. The number of hydrogen-bond acceptors (Lipinski definition) is 5. The van der Waals surface area contributed by atoms with E-state index in [1.54, 1.807) is 0 Å². The zero-order valence-corrected chi connectivity index (χ0v) is 15.4. The average molecular weight is 340 g/mol. The fourth-order valence-corrected chi connectivity index (χ4v) is 3.77. The Hall–Kier alpha value is -1.18. The number of likely N-dealkylation sites (tertiary alicyclic amines) is 1. The van der Waals surface area contributed by atoms with E-state index in [2.05, 4.69) is 34.3 Å². The molecule has 138 valence electrons. The van der Waals surface area contributed by atoms with E-state index in [0.717, 1.165) is 45.6 Å². The minimum atomic E-state index is -0.447. The number of morpholine rings is 1. The van der Waals surface area contributed by atoms with Crippen LogP contribution < -0.4 is 10.6 Å². The molecule has 2 N–H and O–H groups in total. The van der Waals surface area contributed by atoms with Crippen LogP contribution in [0.25, 0.3) is 0 Å². The summed E-state index contributed by atoms with van der Waals surface area (Å²) in [4.78, 5) is 28.0. The van der Waals surface area contributed by atoms with Gasteiger partial charge in [0.25, 0.3) is 0 Å². The van der Waals surface area contributed by atoms with Gasteiger partial charge in [0, 0.05) is 26.7 Å². The maximum absolute atomic E-state index is 12.0. The van der Waals surface area contributed by atoms with E-state index < -0.39 is 6.03 Å². The Labute approximate surface area is 145 Å². The Morgan fingerprint density at radius 1 is 1.17 bits per heavy atom. The van der Waals surface area contributed by atoms with Crippen molar-refractivity contribution >= 4 is 11.9 Å². The summed E-state index contributed by atoms with van der Waals surface area (Å²) < 4.78 is 5.79. The number of ether oxygens (including phenoxy) is 1. The molecule has 0 bridgehead atoms. The van der Waals surface area contributed by atoms with E-state index in [0.29, 0.717) is 18.1 Å². The topological polar surface area (TPSA) is 73.9 Å². The highest BCUT2D eigenvalue weighted by Gasteiger charge is 2.30. The molecule has 2 rings (SSSR count). The third-order valence-corrected chi connectivity index (χ3v) is 5.05. The van der Waals surface area contributed by atoms with E-state index in [4.69, 9.17) is 4.74 Å². The molecule has 2 fully saturated rings. The van der Waals surface area contributed by atoms with Crippen LogP contribution in [0.1, 0.15) is 33.6 Å². The van der Waals surface area contributed by atoms with Gasteiger partial charge in [0.05, 0.1) is 18.2 Å². The number of carbonyl (C=O) groups is 2. The smallest absolute Gasteiger partial charge is 0.321 e. The highest BCUT2D eigenvalue weighted by atomic mass is 16.5. The van der Waals surface area contributed by atoms with Crippen molar-refractivity contribution in [2.45, 2.75) is 51.9 Å². The summed E-state index contributed by atoms with van der Waals surface area (Å²) in [7, 11) is 1.51. The Morgan fingerprint density at radius 2 is 1.75 bits per heavy atom. The van der Waals surface area contributed by atoms with Gasteiger partial charge in [0.15, 0.2) is 0 Å². The second-order valence-corrected chi connectivity index (χ2v) is 7.20. The summed E-state index contributed by atoms with van der Waals surface area (Å²) in [5.74, 6) is 0.441. The van der Waals surface area contributed by atoms with Crippen molar-refractivity contribution in [2.24, 2.45) is 5.92 Å². The zero-order valence-electron chi connectivity index (χ0n) is 15.4. The van der Waals surface area contributed by atoms with Crippen LogP contribution in [0, 0.1) is 5.92 Å². The van der Waals surface area contributed by atoms with Crippen LogP contribution >= 0.6 is 0 Å². The number of nitrogens with one attached hydrogen (secondary N) is 2. The molecule has 0 aliphatic carbocycles. The lowest BCUT2D eigenvalue weighted by molar-refractivity contribution is -0.125. The summed E-state index contributed by atoms with van der Waals surface area (Å²) in [6.07, 6.45) is 2.81. The molecule has 2 aliphatic heterocycles. The van der Waals surface area contributed by atoms with E-state index in [1.165, 1.54) is 7.05 Å². The summed E-state index contributed by atoms with van der Waals surface area (Å²) in [6, 6.07) is -0.719. The molecule has 2 aliphatic rings. The Morgan fingerprint density at radius 3 is 2.29 bits per heavy atom. The van der Waals surface area contributed by atoms with Crippen LogP contribution in [0.2, 0.25) is 0 Å². The fraction of sp³-hybridized carbons (Fsp3) is 0.882. The molecule has 7 heteroatoms. The van der Waals surface area contributed by atoms with Gasteiger partial charge >= 0.3 is 6.03 Å². The van der Waals surface area contributed by atoms with Gasteiger partial charge in [0.2, 0.25) is 5.91 Å². The number of rotatable bonds is 4. The van der Waals surface area contributed by atoms with Crippen LogP contribution in [-0.4, -0.2) is 79.8 Å². The number of hydrogen-bond donors (Lipinski definition) is 2. The maximum atomic E-state index is 12.0. The van der Waals surface area contributed by atoms with Crippen molar-refractivity contribution in [3.63, 3.8) is 0 Å². The SMILES string of the molecule is CNC(=O)NC(=O)[C@H](C)N1CCC(CN2C[C@@H](C)O[C@H](C)C2)CC1. The van der Waals surface area contributed by atoms with E-state index in [-0.39, 0.29) is 11.9 Å². The van der Waals surface area contributed by atoms with Crippen LogP contribution in [-0.2, 0) is 9.53 Å². The average Bonchev–Trinajstić information content (AvgIpc) is 2.53. The first-order valence-electron chi connectivity index (χ1n) is 9.03. The van der Waals surface area contributed by atoms with Crippen molar-refractivity contribution in [2.75, 3.05) is 39.8 Å². The first kappa shape index (κ1) is 19.1. The summed E-state index contributed by atoms with van der Waals surface area (Å²) in [5.41, 5.74) is 0. The third-order valence-electron chi connectivity index (χ3n) is 5.05. The van der Waals surface area contributed by atoms with Gasteiger partial charge in [0.1, 0.15) is 0 Å². The number of piperidine rings is 1. The van der Waals surface area contributed by atoms with Gasteiger partial charge in [-0.25, -0.2) is 4.79 Å². The van der Waals surface area contributed by atoms with Crippen LogP contribution in [0.3, 0.4) is 0 Å². The molecule has 7 nitrogen and oxygen atoms in total. The quantitative estimate of drug-likeness (QED) is 0.786. The molecule has 0 aromatic rings. The van der Waals surface area contributed by atoms with E-state index in [1.807, 2.05) is 6.92 Å². The molecule has 2 heterocycles. The molecule has 0 aromatic heterocycles. The molecular weight excluding hydrogens is 308 g/mol. The lowest BCUT2D eigenvalue weighted by Crippen LogP contribution is -2.52. The van der Waals surface area contributed by atoms with Gasteiger partial charge < -0.3 is 10.1 Å². The minimum absolute atomic E-state index is 0.233. The van der Waals surface area contributed by atoms with Crippen LogP contribution in [0.15, 0.2) is 0 Å². The number of imide groups is 1. The predicted octanol–water partition coefficient (Wildman–Crippen LogP) is 0.652. The molecular formula is C17H32N4O3. The number of carbonyl (C=O) groups excluding carboxylic acids is 2. The van der Waals surface area contributed by atoms with Crippen LogP contribution in [0.5, 0.6) is 0 Å². The molecule has 24 heavy (non-hydrogen) atoms. The molecule has 3 amide bonds. The molecule has 3 atom stereocenters. The normalized spacial score (nSPS) is 28.3. The first-order chi connectivity index (χ1) is 11.4. The van der Waals surface area contributed by atoms with Crippen molar-refractivity contribution in [3.05, 3.63) is 0 Å². The summed E-state index contributed by atoms with van der Waals surface area (Å²) in [6.45, 7) is 11.1. The molecule has 2 saturated heterocycles. The lowest BCUT2D eigenvalue weighted by Gasteiger charge is -2.40. The number of urea groups is 1. The van der Waals surface area contributed by atoms with Crippen molar-refractivity contribution in [1.82, 2.24) is 20.4 Å². The Bertz CT molecular complexity index is 428. The monoisotopic (exact) mass is 340 g/mol. The van der Waals surface area contributed by atoms with E-state index in [9.17, 15) is 9.59 Å². The van der Waals surface area contributed by atoms with Crippen molar-refractivity contribution in [1.29, 1.82) is 0 Å². The number of nitrogens with zero attached hydrogens (tertiary/aromatic N) is 2. The van der Waals surface area contributed by atoms with Crippen LogP contribution in [0.4, 0.5) is 4.79 Å². The maximum Gasteiger partial charge on any atom is 0.321 e. The zero-order chi connectivity index (χ0) is 17.7. The molecule has 0 aromatic carbocycles. The predicted molar refractivity (Wildman–Crippen MR) is 92.8 cm³/mol. The molecule has 0 unspecified atom stereocenters. The van der Waals surface area contributed by atoms with Gasteiger partial charge in [-0.1, -0.05) is 0 Å².